The van der Waals surface area contributed by atoms with Crippen LogP contribution in [-0.4, -0.2) is 36.8 Å². The zero-order valence-electron chi connectivity index (χ0n) is 11.5. The summed E-state index contributed by atoms with van der Waals surface area (Å²) in [6, 6.07) is 3.37. The molecule has 0 bridgehead atoms. The van der Waals surface area contributed by atoms with Gasteiger partial charge in [-0.15, -0.1) is 11.3 Å². The minimum Gasteiger partial charge on any atom is -0.386 e. The molecule has 0 aliphatic heterocycles. The Morgan fingerprint density at radius 1 is 1.45 bits per heavy atom. The number of aryl methyl sites for hydroxylation is 1. The molecule has 20 heavy (non-hydrogen) atoms. The third-order valence-corrected chi connectivity index (χ3v) is 5.33. The molecule has 0 aliphatic carbocycles. The maximum atomic E-state index is 12.5. The Morgan fingerprint density at radius 3 is 2.80 bits per heavy atom. The Balaban J connectivity index is 2.29. The van der Waals surface area contributed by atoms with Crippen molar-refractivity contribution in [3.63, 3.8) is 0 Å². The first-order valence-corrected chi connectivity index (χ1v) is 8.27. The molecule has 2 aromatic heterocycles. The van der Waals surface area contributed by atoms with Crippen molar-refractivity contribution in [3.8, 4) is 0 Å². The van der Waals surface area contributed by atoms with Crippen LogP contribution in [0.15, 0.2) is 28.7 Å². The van der Waals surface area contributed by atoms with Gasteiger partial charge < -0.3 is 5.32 Å². The maximum Gasteiger partial charge on any atom is 0.262 e. The van der Waals surface area contributed by atoms with Crippen molar-refractivity contribution in [1.82, 2.24) is 14.3 Å². The number of thiazole rings is 1. The van der Waals surface area contributed by atoms with E-state index >= 15 is 0 Å². The van der Waals surface area contributed by atoms with Gasteiger partial charge in [-0.1, -0.05) is 0 Å². The summed E-state index contributed by atoms with van der Waals surface area (Å²) in [5, 5.41) is 5.64. The van der Waals surface area contributed by atoms with E-state index in [9.17, 15) is 8.42 Å². The average molecular weight is 312 g/mol. The van der Waals surface area contributed by atoms with E-state index in [0.29, 0.717) is 5.69 Å². The third kappa shape index (κ3) is 2.97. The summed E-state index contributed by atoms with van der Waals surface area (Å²) in [5.74, 6) is 0. The van der Waals surface area contributed by atoms with Crippen LogP contribution in [0.4, 0.5) is 5.69 Å². The maximum absolute atomic E-state index is 12.5. The molecular formula is C12H16N4O2S2. The number of nitrogens with one attached hydrogen (secondary N) is 1. The van der Waals surface area contributed by atoms with E-state index in [1.54, 1.807) is 19.2 Å². The van der Waals surface area contributed by atoms with Gasteiger partial charge in [0.15, 0.2) is 5.03 Å². The number of hydrogen-bond donors (Lipinski definition) is 1. The lowest BCUT2D eigenvalue weighted by Gasteiger charge is -2.17. The minimum absolute atomic E-state index is 0.0250. The number of pyridine rings is 1. The van der Waals surface area contributed by atoms with Crippen LogP contribution in [0.5, 0.6) is 0 Å². The summed E-state index contributed by atoms with van der Waals surface area (Å²) in [6.45, 7) is 2.12. The second kappa shape index (κ2) is 5.86. The van der Waals surface area contributed by atoms with Crippen LogP contribution in [0.25, 0.3) is 0 Å². The van der Waals surface area contributed by atoms with E-state index in [-0.39, 0.29) is 11.6 Å². The van der Waals surface area contributed by atoms with Crippen molar-refractivity contribution in [1.29, 1.82) is 0 Å². The quantitative estimate of drug-likeness (QED) is 0.909. The van der Waals surface area contributed by atoms with Crippen LogP contribution in [0.3, 0.4) is 0 Å². The number of rotatable bonds is 5. The number of hydrogen-bond acceptors (Lipinski definition) is 6. The molecule has 1 N–H and O–H groups in total. The van der Waals surface area contributed by atoms with Gasteiger partial charge in [-0.2, -0.15) is 4.31 Å². The predicted octanol–water partition coefficient (Wildman–Crippen LogP) is 1.71. The highest BCUT2D eigenvalue weighted by Crippen LogP contribution is 2.22. The highest BCUT2D eigenvalue weighted by atomic mass is 32.2. The van der Waals surface area contributed by atoms with Gasteiger partial charge in [0.05, 0.1) is 22.9 Å². The first kappa shape index (κ1) is 14.9. The van der Waals surface area contributed by atoms with Crippen LogP contribution in [0.1, 0.15) is 10.7 Å². The summed E-state index contributed by atoms with van der Waals surface area (Å²) in [6.07, 6.45) is 1.47. The molecular weight excluding hydrogens is 296 g/mol. The molecule has 0 unspecified atom stereocenters. The van der Waals surface area contributed by atoms with Crippen LogP contribution in [0, 0.1) is 6.92 Å². The van der Waals surface area contributed by atoms with Crippen LogP contribution < -0.4 is 5.32 Å². The SMILES string of the molecule is CNc1cccnc1S(=O)(=O)N(C)Cc1csc(C)n1. The first-order chi connectivity index (χ1) is 9.45. The summed E-state index contributed by atoms with van der Waals surface area (Å²) < 4.78 is 26.3. The van der Waals surface area contributed by atoms with Gasteiger partial charge in [-0.3, -0.25) is 0 Å². The fourth-order valence-electron chi connectivity index (χ4n) is 1.73. The molecule has 2 heterocycles. The van der Waals surface area contributed by atoms with Crippen LogP contribution >= 0.6 is 11.3 Å². The molecule has 2 aromatic rings. The second-order valence-electron chi connectivity index (χ2n) is 4.23. The smallest absolute Gasteiger partial charge is 0.262 e. The van der Waals surface area contributed by atoms with Crippen molar-refractivity contribution in [2.45, 2.75) is 18.5 Å². The largest absolute Gasteiger partial charge is 0.386 e. The van der Waals surface area contributed by atoms with Crippen molar-refractivity contribution in [2.75, 3.05) is 19.4 Å². The molecule has 8 heteroatoms. The number of sulfonamides is 1. The fraction of sp³-hybridized carbons (Fsp3) is 0.333. The van der Waals surface area contributed by atoms with E-state index in [0.717, 1.165) is 10.7 Å². The molecule has 0 saturated heterocycles. The number of aromatic nitrogens is 2. The Kier molecular flexibility index (Phi) is 4.36. The molecule has 108 valence electrons. The lowest BCUT2D eigenvalue weighted by molar-refractivity contribution is 0.460. The summed E-state index contributed by atoms with van der Waals surface area (Å²) in [4.78, 5) is 8.26. The van der Waals surface area contributed by atoms with Crippen molar-refractivity contribution < 1.29 is 8.42 Å². The van der Waals surface area contributed by atoms with Crippen LogP contribution in [-0.2, 0) is 16.6 Å². The highest BCUT2D eigenvalue weighted by Gasteiger charge is 2.25. The number of nitrogens with zero attached hydrogens (tertiary/aromatic N) is 3. The number of anilines is 1. The van der Waals surface area contributed by atoms with E-state index in [1.807, 2.05) is 12.3 Å². The summed E-state index contributed by atoms with van der Waals surface area (Å²) >= 11 is 1.50. The molecule has 0 aromatic carbocycles. The molecule has 0 spiro atoms. The van der Waals surface area contributed by atoms with Gasteiger partial charge in [-0.05, 0) is 19.1 Å². The van der Waals surface area contributed by atoms with Crippen molar-refractivity contribution in [2.24, 2.45) is 0 Å². The monoisotopic (exact) mass is 312 g/mol. The van der Waals surface area contributed by atoms with Crippen molar-refractivity contribution in [3.05, 3.63) is 34.4 Å². The average Bonchev–Trinajstić information content (AvgIpc) is 2.84. The second-order valence-corrected chi connectivity index (χ2v) is 7.25. The topological polar surface area (TPSA) is 75.2 Å². The van der Waals surface area contributed by atoms with E-state index < -0.39 is 10.0 Å². The summed E-state index contributed by atoms with van der Waals surface area (Å²) in [7, 11) is -0.454. The van der Waals surface area contributed by atoms with Gasteiger partial charge in [0.25, 0.3) is 10.0 Å². The van der Waals surface area contributed by atoms with Gasteiger partial charge in [0, 0.05) is 25.7 Å². The normalized spacial score (nSPS) is 11.8. The Hall–Kier alpha value is -1.51. The lowest BCUT2D eigenvalue weighted by atomic mass is 10.4. The highest BCUT2D eigenvalue weighted by molar-refractivity contribution is 7.89. The Labute approximate surface area is 122 Å². The Morgan fingerprint density at radius 2 is 2.20 bits per heavy atom. The lowest BCUT2D eigenvalue weighted by Crippen LogP contribution is -2.28. The Bertz CT molecular complexity index is 697. The minimum atomic E-state index is -3.65. The molecule has 0 saturated carbocycles. The van der Waals surface area contributed by atoms with E-state index in [4.69, 9.17) is 0 Å². The zero-order valence-corrected chi connectivity index (χ0v) is 13.1. The van der Waals surface area contributed by atoms with Gasteiger partial charge in [0.1, 0.15) is 0 Å². The van der Waals surface area contributed by atoms with E-state index in [1.165, 1.54) is 28.9 Å². The molecule has 0 aliphatic rings. The van der Waals surface area contributed by atoms with Crippen LogP contribution in [0.2, 0.25) is 0 Å². The molecule has 0 fully saturated rings. The third-order valence-electron chi connectivity index (χ3n) is 2.75. The molecule has 0 atom stereocenters. The molecule has 0 amide bonds. The zero-order chi connectivity index (χ0) is 14.8. The fourth-order valence-corrected chi connectivity index (χ4v) is 3.57. The van der Waals surface area contributed by atoms with Gasteiger partial charge in [-0.25, -0.2) is 18.4 Å². The predicted molar refractivity (Wildman–Crippen MR) is 79.3 cm³/mol. The van der Waals surface area contributed by atoms with E-state index in [2.05, 4.69) is 15.3 Å². The molecule has 6 nitrogen and oxygen atoms in total. The van der Waals surface area contributed by atoms with Crippen molar-refractivity contribution >= 4 is 27.0 Å². The molecule has 0 radical (unpaired) electrons. The standard InChI is InChI=1S/C12H16N4O2S2/c1-9-15-10(8-19-9)7-16(3)20(17,18)12-11(13-2)5-4-6-14-12/h4-6,8,13H,7H2,1-3H3. The summed E-state index contributed by atoms with van der Waals surface area (Å²) in [5.41, 5.74) is 1.22. The van der Waals surface area contributed by atoms with Gasteiger partial charge >= 0.3 is 0 Å². The molecule has 2 rings (SSSR count). The first-order valence-electron chi connectivity index (χ1n) is 5.95. The van der Waals surface area contributed by atoms with Gasteiger partial charge in [0.2, 0.25) is 0 Å².